The molecule has 0 spiro atoms. The second-order valence-electron chi connectivity index (χ2n) is 7.29. The Morgan fingerprint density at radius 2 is 2.04 bits per heavy atom. The maximum atomic E-state index is 12.6. The molecule has 4 N–H and O–H groups in total. The number of H-pyrrole nitrogens is 2. The molecule has 27 heavy (non-hydrogen) atoms. The van der Waals surface area contributed by atoms with E-state index < -0.39 is 0 Å². The van der Waals surface area contributed by atoms with Crippen LogP contribution in [0.3, 0.4) is 0 Å². The number of aryl methyl sites for hydroxylation is 1. The van der Waals surface area contributed by atoms with Gasteiger partial charge in [0.05, 0.1) is 16.7 Å². The number of hydrogen-bond donors (Lipinski definition) is 3. The molecule has 0 saturated heterocycles. The number of nitrogens with two attached hydrogens (primary N) is 1. The lowest BCUT2D eigenvalue weighted by atomic mass is 9.97. The molecule has 1 aliphatic heterocycles. The lowest BCUT2D eigenvalue weighted by Gasteiger charge is -2.21. The Labute approximate surface area is 160 Å². The molecule has 0 unspecified atom stereocenters. The number of pyridine rings is 1. The number of nitrogens with one attached hydrogen (secondary N) is 2. The predicted molar refractivity (Wildman–Crippen MR) is 111 cm³/mol. The Kier molecular flexibility index (Phi) is 3.80. The van der Waals surface area contributed by atoms with Crippen molar-refractivity contribution in [1.29, 1.82) is 0 Å². The first-order valence-electron chi connectivity index (χ1n) is 9.19. The number of imidazole rings is 1. The van der Waals surface area contributed by atoms with E-state index in [1.54, 1.807) is 0 Å². The normalized spacial score (nSPS) is 15.7. The van der Waals surface area contributed by atoms with Crippen molar-refractivity contribution in [1.82, 2.24) is 19.9 Å². The molecule has 1 aromatic carbocycles. The van der Waals surface area contributed by atoms with Crippen molar-refractivity contribution in [2.24, 2.45) is 0 Å². The number of benzene rings is 1. The third-order valence-corrected chi connectivity index (χ3v) is 6.30. The van der Waals surface area contributed by atoms with Crippen LogP contribution in [0.15, 0.2) is 28.4 Å². The van der Waals surface area contributed by atoms with Gasteiger partial charge in [-0.05, 0) is 67.6 Å². The fraction of sp³-hybridized carbons (Fsp3) is 0.300. The highest BCUT2D eigenvalue weighted by Crippen LogP contribution is 2.31. The van der Waals surface area contributed by atoms with Crippen LogP contribution in [0.25, 0.3) is 32.6 Å². The van der Waals surface area contributed by atoms with E-state index in [0.29, 0.717) is 17.1 Å². The number of aromatic amines is 2. The van der Waals surface area contributed by atoms with Gasteiger partial charge in [-0.2, -0.15) is 0 Å². The second-order valence-corrected chi connectivity index (χ2v) is 8.20. The molecule has 0 fully saturated rings. The maximum Gasteiger partial charge on any atom is 0.262 e. The lowest BCUT2D eigenvalue weighted by molar-refractivity contribution is 0.327. The monoisotopic (exact) mass is 379 g/mol. The number of likely N-dealkylation sites (N-methyl/N-ethyl adjacent to an activating group) is 1. The van der Waals surface area contributed by atoms with Crippen LogP contribution in [0.4, 0.5) is 5.69 Å². The molecule has 138 valence electrons. The van der Waals surface area contributed by atoms with Gasteiger partial charge in [0.1, 0.15) is 16.2 Å². The van der Waals surface area contributed by atoms with Gasteiger partial charge in [-0.1, -0.05) is 0 Å². The van der Waals surface area contributed by atoms with Crippen LogP contribution in [0, 0.1) is 0 Å². The zero-order valence-electron chi connectivity index (χ0n) is 15.1. The summed E-state index contributed by atoms with van der Waals surface area (Å²) >= 11 is 1.48. The summed E-state index contributed by atoms with van der Waals surface area (Å²) in [4.78, 5) is 26.7. The van der Waals surface area contributed by atoms with Crippen molar-refractivity contribution >= 4 is 38.3 Å². The molecule has 7 heteroatoms. The molecular formula is C20H21N5OS. The van der Waals surface area contributed by atoms with Crippen molar-refractivity contribution in [3.8, 4) is 11.4 Å². The van der Waals surface area contributed by atoms with E-state index in [-0.39, 0.29) is 5.56 Å². The minimum absolute atomic E-state index is 0.207. The summed E-state index contributed by atoms with van der Waals surface area (Å²) in [6, 6.07) is 6.29. The first-order chi connectivity index (χ1) is 13.1. The molecule has 0 amide bonds. The van der Waals surface area contributed by atoms with E-state index >= 15 is 0 Å². The van der Waals surface area contributed by atoms with Crippen LogP contribution in [0.5, 0.6) is 0 Å². The third-order valence-electron chi connectivity index (χ3n) is 5.47. The highest BCUT2D eigenvalue weighted by Gasteiger charge is 2.18. The van der Waals surface area contributed by atoms with Crippen molar-refractivity contribution in [2.45, 2.75) is 19.3 Å². The summed E-state index contributed by atoms with van der Waals surface area (Å²) in [6.07, 6.45) is 3.23. The standard InChI is InChI=1S/C20H21N5OS/c1-25-6-2-3-11-9-14-15(10-12(11)4-7-25)23-18(22-14)16-17(21)13-5-8-27-20(13)24-19(16)26/h5,8-10H,2-4,6-7H2,1H3,(H,22,23)(H3,21,24,26). The molecule has 4 heterocycles. The molecule has 6 nitrogen and oxygen atoms in total. The smallest absolute Gasteiger partial charge is 0.262 e. The van der Waals surface area contributed by atoms with Gasteiger partial charge in [0.15, 0.2) is 0 Å². The molecule has 0 radical (unpaired) electrons. The molecule has 0 saturated carbocycles. The van der Waals surface area contributed by atoms with E-state index in [9.17, 15) is 4.79 Å². The Morgan fingerprint density at radius 3 is 2.93 bits per heavy atom. The lowest BCUT2D eigenvalue weighted by Crippen LogP contribution is -2.25. The van der Waals surface area contributed by atoms with Crippen LogP contribution >= 0.6 is 11.3 Å². The Morgan fingerprint density at radius 1 is 1.19 bits per heavy atom. The molecular weight excluding hydrogens is 358 g/mol. The first-order valence-corrected chi connectivity index (χ1v) is 10.1. The summed E-state index contributed by atoms with van der Waals surface area (Å²) in [5.41, 5.74) is 11.6. The minimum atomic E-state index is -0.207. The fourth-order valence-corrected chi connectivity index (χ4v) is 4.76. The van der Waals surface area contributed by atoms with Crippen LogP contribution in [0.1, 0.15) is 17.5 Å². The number of fused-ring (bicyclic) bond motifs is 3. The zero-order valence-corrected chi connectivity index (χ0v) is 15.9. The Hall–Kier alpha value is -2.64. The highest BCUT2D eigenvalue weighted by molar-refractivity contribution is 7.16. The van der Waals surface area contributed by atoms with Gasteiger partial charge in [0, 0.05) is 11.9 Å². The Balaban J connectivity index is 1.66. The largest absolute Gasteiger partial charge is 0.397 e. The number of aromatic nitrogens is 3. The van der Waals surface area contributed by atoms with Gasteiger partial charge < -0.3 is 20.6 Å². The van der Waals surface area contributed by atoms with Gasteiger partial charge in [-0.3, -0.25) is 4.79 Å². The van der Waals surface area contributed by atoms with Crippen LogP contribution < -0.4 is 11.3 Å². The van der Waals surface area contributed by atoms with Crippen LogP contribution in [-0.4, -0.2) is 40.0 Å². The quantitative estimate of drug-likeness (QED) is 0.474. The number of hydrogen-bond acceptors (Lipinski definition) is 5. The predicted octanol–water partition coefficient (Wildman–Crippen LogP) is 3.14. The topological polar surface area (TPSA) is 90.8 Å². The van der Waals surface area contributed by atoms with Gasteiger partial charge in [0.25, 0.3) is 5.56 Å². The Bertz CT molecular complexity index is 1220. The number of anilines is 1. The minimum Gasteiger partial charge on any atom is -0.397 e. The molecule has 3 aromatic heterocycles. The van der Waals surface area contributed by atoms with Crippen molar-refractivity contribution in [3.63, 3.8) is 0 Å². The van der Waals surface area contributed by atoms with E-state index in [1.165, 1.54) is 22.5 Å². The van der Waals surface area contributed by atoms with Gasteiger partial charge in [-0.15, -0.1) is 11.3 Å². The van der Waals surface area contributed by atoms with Crippen LogP contribution in [-0.2, 0) is 12.8 Å². The number of nitrogens with zero attached hydrogens (tertiary/aromatic N) is 2. The molecule has 1 aliphatic rings. The van der Waals surface area contributed by atoms with Gasteiger partial charge in [-0.25, -0.2) is 4.98 Å². The van der Waals surface area contributed by atoms with E-state index in [4.69, 9.17) is 10.7 Å². The highest BCUT2D eigenvalue weighted by atomic mass is 32.1. The van der Waals surface area contributed by atoms with Crippen LogP contribution in [0.2, 0.25) is 0 Å². The van der Waals surface area contributed by atoms with E-state index in [2.05, 4.69) is 34.0 Å². The average molecular weight is 379 g/mol. The fourth-order valence-electron chi connectivity index (χ4n) is 3.97. The SMILES string of the molecule is CN1CCCc2cc3[nH]c(-c4c(N)c5ccsc5[nH]c4=O)nc3cc2CC1. The maximum absolute atomic E-state index is 12.6. The first kappa shape index (κ1) is 16.5. The van der Waals surface area contributed by atoms with Gasteiger partial charge >= 0.3 is 0 Å². The molecule has 5 rings (SSSR count). The summed E-state index contributed by atoms with van der Waals surface area (Å²) in [5.74, 6) is 0.534. The van der Waals surface area contributed by atoms with E-state index in [0.717, 1.165) is 53.6 Å². The molecule has 0 atom stereocenters. The third kappa shape index (κ3) is 2.74. The van der Waals surface area contributed by atoms with Crippen molar-refractivity contribution in [2.75, 3.05) is 25.9 Å². The summed E-state index contributed by atoms with van der Waals surface area (Å²) in [7, 11) is 2.17. The van der Waals surface area contributed by atoms with E-state index in [1.807, 2.05) is 11.4 Å². The van der Waals surface area contributed by atoms with Crippen molar-refractivity contribution in [3.05, 3.63) is 45.1 Å². The molecule has 0 bridgehead atoms. The summed E-state index contributed by atoms with van der Waals surface area (Å²) < 4.78 is 0. The number of thiophene rings is 1. The average Bonchev–Trinajstić information content (AvgIpc) is 3.24. The van der Waals surface area contributed by atoms with Gasteiger partial charge in [0.2, 0.25) is 0 Å². The second kappa shape index (κ2) is 6.21. The summed E-state index contributed by atoms with van der Waals surface area (Å²) in [5, 5.41) is 2.79. The van der Waals surface area contributed by atoms with Crippen molar-refractivity contribution < 1.29 is 0 Å². The number of nitrogen functional groups attached to an aromatic ring is 1. The molecule has 0 aliphatic carbocycles. The zero-order chi connectivity index (χ0) is 18.5. The molecule has 4 aromatic rings. The number of rotatable bonds is 1. The summed E-state index contributed by atoms with van der Waals surface area (Å²) in [6.45, 7) is 2.18.